The lowest BCUT2D eigenvalue weighted by molar-refractivity contribution is 0.378. The summed E-state index contributed by atoms with van der Waals surface area (Å²) in [6, 6.07) is 2.33. The third-order valence-electron chi connectivity index (χ3n) is 1.43. The molecule has 3 nitrogen and oxygen atoms in total. The topological polar surface area (TPSA) is 38.7 Å². The molecular formula is C7H7BClFO3. The Balaban J connectivity index is 3.09. The van der Waals surface area contributed by atoms with Crippen LogP contribution in [0.1, 0.15) is 0 Å². The van der Waals surface area contributed by atoms with Crippen molar-refractivity contribution in [3.63, 3.8) is 0 Å². The van der Waals surface area contributed by atoms with Crippen LogP contribution in [0.15, 0.2) is 12.1 Å². The summed E-state index contributed by atoms with van der Waals surface area (Å²) in [5, 5.41) is 8.41. The highest BCUT2D eigenvalue weighted by Gasteiger charge is 2.09. The Morgan fingerprint density at radius 1 is 1.46 bits per heavy atom. The predicted octanol–water partition coefficient (Wildman–Crippen LogP) is 1.13. The molecule has 1 N–H and O–H groups in total. The van der Waals surface area contributed by atoms with Crippen LogP contribution in [0, 0.1) is 5.82 Å². The highest BCUT2D eigenvalue weighted by atomic mass is 35.5. The molecule has 0 atom stereocenters. The molecule has 1 aromatic carbocycles. The van der Waals surface area contributed by atoms with Crippen molar-refractivity contribution in [2.45, 2.75) is 0 Å². The first-order chi connectivity index (χ1) is 6.19. The van der Waals surface area contributed by atoms with Crippen molar-refractivity contribution in [3.05, 3.63) is 23.0 Å². The summed E-state index contributed by atoms with van der Waals surface area (Å²) in [6.07, 6.45) is 0. The molecule has 0 heterocycles. The maximum absolute atomic E-state index is 12.9. The van der Waals surface area contributed by atoms with E-state index in [9.17, 15) is 4.39 Å². The number of hydrogen-bond donors (Lipinski definition) is 1. The van der Waals surface area contributed by atoms with Crippen molar-refractivity contribution in [2.24, 2.45) is 0 Å². The molecule has 0 amide bonds. The van der Waals surface area contributed by atoms with Crippen LogP contribution in [0.25, 0.3) is 0 Å². The van der Waals surface area contributed by atoms with Gasteiger partial charge in [0, 0.05) is 12.1 Å². The summed E-state index contributed by atoms with van der Waals surface area (Å²) in [5.41, 5.74) is 0. The largest absolute Gasteiger partial charge is 0.536 e. The fraction of sp³-hybridized carbons (Fsp3) is 0.143. The normalized spacial score (nSPS) is 9.54. The van der Waals surface area contributed by atoms with Crippen LogP contribution < -0.4 is 9.39 Å². The van der Waals surface area contributed by atoms with E-state index in [2.05, 4.69) is 0 Å². The Morgan fingerprint density at radius 3 is 2.69 bits per heavy atom. The molecule has 0 bridgehead atoms. The Bertz CT molecular complexity index is 308. The summed E-state index contributed by atoms with van der Waals surface area (Å²) >= 11 is 5.49. The second-order valence-corrected chi connectivity index (χ2v) is 2.60. The second kappa shape index (κ2) is 4.34. The van der Waals surface area contributed by atoms with Crippen molar-refractivity contribution in [1.29, 1.82) is 0 Å². The third-order valence-corrected chi connectivity index (χ3v) is 1.72. The standard InChI is InChI=1S/C7H7BClFO3/c1-12-6-3-5(10)4(9)2-7(6)13-8-11/h2-3,8,11H,1H3. The molecule has 0 aliphatic rings. The molecule has 0 radical (unpaired) electrons. The summed E-state index contributed by atoms with van der Waals surface area (Å²) in [7, 11) is 0.852. The van der Waals surface area contributed by atoms with Crippen molar-refractivity contribution >= 4 is 19.3 Å². The molecule has 13 heavy (non-hydrogen) atoms. The van der Waals surface area contributed by atoms with Crippen LogP contribution >= 0.6 is 11.6 Å². The van der Waals surface area contributed by atoms with Crippen LogP contribution in [0.4, 0.5) is 4.39 Å². The van der Waals surface area contributed by atoms with E-state index in [0.29, 0.717) is 0 Å². The highest BCUT2D eigenvalue weighted by Crippen LogP contribution is 2.31. The minimum atomic E-state index is -0.594. The van der Waals surface area contributed by atoms with Gasteiger partial charge in [0.1, 0.15) is 11.6 Å². The quantitative estimate of drug-likeness (QED) is 0.750. The molecule has 0 aliphatic carbocycles. The minimum absolute atomic E-state index is 0.0794. The Kier molecular flexibility index (Phi) is 3.39. The van der Waals surface area contributed by atoms with E-state index < -0.39 is 13.5 Å². The van der Waals surface area contributed by atoms with Gasteiger partial charge in [-0.25, -0.2) is 4.39 Å². The van der Waals surface area contributed by atoms with E-state index in [1.807, 2.05) is 0 Å². The molecule has 70 valence electrons. The van der Waals surface area contributed by atoms with Gasteiger partial charge in [-0.3, -0.25) is 0 Å². The molecule has 0 spiro atoms. The van der Waals surface area contributed by atoms with Gasteiger partial charge >= 0.3 is 7.69 Å². The van der Waals surface area contributed by atoms with Crippen molar-refractivity contribution in [3.8, 4) is 11.5 Å². The Morgan fingerprint density at radius 2 is 2.15 bits per heavy atom. The van der Waals surface area contributed by atoms with Gasteiger partial charge in [0.05, 0.1) is 12.1 Å². The van der Waals surface area contributed by atoms with Gasteiger partial charge < -0.3 is 14.4 Å². The zero-order valence-electron chi connectivity index (χ0n) is 6.88. The van der Waals surface area contributed by atoms with E-state index in [1.165, 1.54) is 13.2 Å². The van der Waals surface area contributed by atoms with Crippen LogP contribution in [0.5, 0.6) is 11.5 Å². The lowest BCUT2D eigenvalue weighted by atomic mass is 10.3. The smallest absolute Gasteiger partial charge is 0.504 e. The lowest BCUT2D eigenvalue weighted by Crippen LogP contribution is -2.02. The van der Waals surface area contributed by atoms with Gasteiger partial charge in [-0.1, -0.05) is 11.6 Å². The van der Waals surface area contributed by atoms with Crippen LogP contribution in [0.3, 0.4) is 0 Å². The second-order valence-electron chi connectivity index (χ2n) is 2.19. The highest BCUT2D eigenvalue weighted by molar-refractivity contribution is 6.31. The number of halogens is 2. The maximum atomic E-state index is 12.9. The van der Waals surface area contributed by atoms with Gasteiger partial charge in [-0.15, -0.1) is 0 Å². The number of methoxy groups -OCH3 is 1. The monoisotopic (exact) mass is 204 g/mol. The van der Waals surface area contributed by atoms with E-state index in [4.69, 9.17) is 26.0 Å². The minimum Gasteiger partial charge on any atom is -0.536 e. The summed E-state index contributed by atoms with van der Waals surface area (Å²) in [5.74, 6) is -0.198. The average Bonchev–Trinajstić information content (AvgIpc) is 2.11. The molecule has 6 heteroatoms. The van der Waals surface area contributed by atoms with Gasteiger partial charge in [0.15, 0.2) is 5.75 Å². The SMILES string of the molecule is COc1cc(F)c(Cl)cc1OBO. The van der Waals surface area contributed by atoms with Gasteiger partial charge in [0.2, 0.25) is 0 Å². The number of ether oxygens (including phenoxy) is 1. The van der Waals surface area contributed by atoms with E-state index in [-0.39, 0.29) is 16.5 Å². The van der Waals surface area contributed by atoms with Crippen molar-refractivity contribution in [2.75, 3.05) is 7.11 Å². The molecule has 0 saturated carbocycles. The maximum Gasteiger partial charge on any atom is 0.504 e. The van der Waals surface area contributed by atoms with Crippen LogP contribution in [0.2, 0.25) is 5.02 Å². The Hall–Kier alpha value is -0.935. The fourth-order valence-electron chi connectivity index (χ4n) is 0.852. The molecule has 1 aromatic rings. The molecule has 0 aliphatic heterocycles. The molecule has 0 saturated heterocycles. The van der Waals surface area contributed by atoms with Crippen molar-refractivity contribution < 1.29 is 18.8 Å². The van der Waals surface area contributed by atoms with E-state index >= 15 is 0 Å². The molecule has 0 fully saturated rings. The van der Waals surface area contributed by atoms with E-state index in [1.54, 1.807) is 0 Å². The predicted molar refractivity (Wildman–Crippen MR) is 48.0 cm³/mol. The van der Waals surface area contributed by atoms with Crippen LogP contribution in [-0.2, 0) is 0 Å². The molecule has 0 unspecified atom stereocenters. The zero-order valence-corrected chi connectivity index (χ0v) is 7.64. The number of benzene rings is 1. The Labute approximate surface area is 80.3 Å². The van der Waals surface area contributed by atoms with Crippen LogP contribution in [-0.4, -0.2) is 19.8 Å². The number of hydrogen-bond acceptors (Lipinski definition) is 3. The zero-order chi connectivity index (χ0) is 9.84. The molecular weight excluding hydrogens is 197 g/mol. The number of rotatable bonds is 3. The first-order valence-electron chi connectivity index (χ1n) is 3.45. The average molecular weight is 204 g/mol. The lowest BCUT2D eigenvalue weighted by Gasteiger charge is -2.08. The van der Waals surface area contributed by atoms with Crippen molar-refractivity contribution in [1.82, 2.24) is 0 Å². The summed E-state index contributed by atoms with van der Waals surface area (Å²) in [4.78, 5) is 0. The summed E-state index contributed by atoms with van der Waals surface area (Å²) in [6.45, 7) is 0. The van der Waals surface area contributed by atoms with Gasteiger partial charge in [0.25, 0.3) is 0 Å². The first-order valence-corrected chi connectivity index (χ1v) is 3.83. The molecule has 1 rings (SSSR count). The third kappa shape index (κ3) is 2.26. The first kappa shape index (κ1) is 10.1. The summed E-state index contributed by atoms with van der Waals surface area (Å²) < 4.78 is 22.4. The van der Waals surface area contributed by atoms with Gasteiger partial charge in [-0.05, 0) is 0 Å². The fourth-order valence-corrected chi connectivity index (χ4v) is 1.01. The molecule has 0 aromatic heterocycles. The van der Waals surface area contributed by atoms with E-state index in [0.717, 1.165) is 6.07 Å². The van der Waals surface area contributed by atoms with Gasteiger partial charge in [-0.2, -0.15) is 0 Å².